The third-order valence-corrected chi connectivity index (χ3v) is 5.24. The summed E-state index contributed by atoms with van der Waals surface area (Å²) in [5.74, 6) is -2.01. The molecule has 0 saturated carbocycles. The van der Waals surface area contributed by atoms with Gasteiger partial charge in [-0.25, -0.2) is 13.6 Å². The molecule has 4 rings (SSSR count). The van der Waals surface area contributed by atoms with Gasteiger partial charge in [0.15, 0.2) is 11.6 Å². The average molecular weight is 387 g/mol. The fourth-order valence-electron chi connectivity index (χ4n) is 3.70. The number of nitrogens with zero attached hydrogens (tertiary/aromatic N) is 3. The summed E-state index contributed by atoms with van der Waals surface area (Å²) < 4.78 is 32.1. The summed E-state index contributed by atoms with van der Waals surface area (Å²) in [5.41, 5.74) is 0.230. The highest BCUT2D eigenvalue weighted by Gasteiger charge is 2.47. The Morgan fingerprint density at radius 3 is 2.61 bits per heavy atom. The molecule has 1 spiro atoms. The number of hydrogen-bond donors (Lipinski definition) is 0. The number of amides is 2. The Morgan fingerprint density at radius 1 is 1.14 bits per heavy atom. The Kier molecular flexibility index (Phi) is 4.70. The standard InChI is InChI=1S/C20H19F2N3O3/c21-15-5-4-14(11-16(15)22)12-25-13-20(28-19(25)27)6-9-24(10-7-20)18(26)17-3-1-2-8-23-17/h1-5,8,11H,6-7,9-10,12-13H2. The molecule has 2 saturated heterocycles. The molecule has 0 atom stereocenters. The highest BCUT2D eigenvalue weighted by Crippen LogP contribution is 2.34. The number of hydrogen-bond acceptors (Lipinski definition) is 4. The van der Waals surface area contributed by atoms with Crippen LogP contribution in [-0.4, -0.2) is 52.0 Å². The summed E-state index contributed by atoms with van der Waals surface area (Å²) in [6.45, 7) is 1.42. The second-order valence-corrected chi connectivity index (χ2v) is 7.16. The monoisotopic (exact) mass is 387 g/mol. The molecule has 1 aromatic carbocycles. The molecule has 1 aromatic heterocycles. The molecule has 0 N–H and O–H groups in total. The summed E-state index contributed by atoms with van der Waals surface area (Å²) in [4.78, 5) is 32.1. The van der Waals surface area contributed by atoms with Crippen LogP contribution < -0.4 is 0 Å². The molecule has 28 heavy (non-hydrogen) atoms. The lowest BCUT2D eigenvalue weighted by Gasteiger charge is -2.37. The number of piperidine rings is 1. The average Bonchev–Trinajstić information content (AvgIpc) is 3.00. The second kappa shape index (κ2) is 7.18. The third kappa shape index (κ3) is 3.54. The minimum absolute atomic E-state index is 0.140. The molecule has 6 nitrogen and oxygen atoms in total. The van der Waals surface area contributed by atoms with Crippen LogP contribution in [-0.2, 0) is 11.3 Å². The highest BCUT2D eigenvalue weighted by atomic mass is 19.2. The lowest BCUT2D eigenvalue weighted by atomic mass is 9.91. The van der Waals surface area contributed by atoms with Crippen molar-refractivity contribution < 1.29 is 23.1 Å². The van der Waals surface area contributed by atoms with Crippen molar-refractivity contribution >= 4 is 12.0 Å². The Labute approximate surface area is 160 Å². The van der Waals surface area contributed by atoms with Gasteiger partial charge in [-0.3, -0.25) is 14.7 Å². The molecule has 2 aliphatic rings. The van der Waals surface area contributed by atoms with E-state index in [9.17, 15) is 18.4 Å². The van der Waals surface area contributed by atoms with E-state index in [2.05, 4.69) is 4.98 Å². The van der Waals surface area contributed by atoms with Crippen molar-refractivity contribution in [1.82, 2.24) is 14.8 Å². The first-order valence-corrected chi connectivity index (χ1v) is 9.08. The normalized spacial score (nSPS) is 18.4. The summed E-state index contributed by atoms with van der Waals surface area (Å²) in [7, 11) is 0. The zero-order chi connectivity index (χ0) is 19.7. The highest BCUT2D eigenvalue weighted by molar-refractivity contribution is 5.92. The van der Waals surface area contributed by atoms with Crippen molar-refractivity contribution in [2.24, 2.45) is 0 Å². The molecule has 3 heterocycles. The predicted molar refractivity (Wildman–Crippen MR) is 95.4 cm³/mol. The molecule has 0 bridgehead atoms. The van der Waals surface area contributed by atoms with Gasteiger partial charge in [0, 0.05) is 38.7 Å². The van der Waals surface area contributed by atoms with Gasteiger partial charge in [-0.15, -0.1) is 0 Å². The molecular weight excluding hydrogens is 368 g/mol. The van der Waals surface area contributed by atoms with E-state index in [4.69, 9.17) is 4.74 Å². The number of likely N-dealkylation sites (tertiary alicyclic amines) is 1. The van der Waals surface area contributed by atoms with Crippen LogP contribution in [0.3, 0.4) is 0 Å². The van der Waals surface area contributed by atoms with E-state index >= 15 is 0 Å². The molecular formula is C20H19F2N3O3. The number of rotatable bonds is 3. The minimum Gasteiger partial charge on any atom is -0.441 e. The molecule has 2 fully saturated rings. The molecule has 2 aromatic rings. The van der Waals surface area contributed by atoms with E-state index < -0.39 is 23.3 Å². The SMILES string of the molecule is O=C1OC2(CCN(C(=O)c3ccccn3)CC2)CN1Cc1ccc(F)c(F)c1. The predicted octanol–water partition coefficient (Wildman–Crippen LogP) is 2.99. The molecule has 2 amide bonds. The van der Waals surface area contributed by atoms with E-state index in [1.54, 1.807) is 29.3 Å². The zero-order valence-electron chi connectivity index (χ0n) is 15.1. The maximum absolute atomic E-state index is 13.4. The second-order valence-electron chi connectivity index (χ2n) is 7.16. The van der Waals surface area contributed by atoms with Crippen LogP contribution in [0.5, 0.6) is 0 Å². The van der Waals surface area contributed by atoms with E-state index in [0.717, 1.165) is 12.1 Å². The van der Waals surface area contributed by atoms with Crippen LogP contribution in [0.25, 0.3) is 0 Å². The number of halogens is 2. The smallest absolute Gasteiger partial charge is 0.410 e. The summed E-state index contributed by atoms with van der Waals surface area (Å²) in [5, 5.41) is 0. The van der Waals surface area contributed by atoms with Gasteiger partial charge in [0.1, 0.15) is 11.3 Å². The third-order valence-electron chi connectivity index (χ3n) is 5.24. The van der Waals surface area contributed by atoms with Crippen molar-refractivity contribution in [3.05, 3.63) is 65.5 Å². The lowest BCUT2D eigenvalue weighted by molar-refractivity contribution is 0.00296. The molecule has 0 unspecified atom stereocenters. The number of ether oxygens (including phenoxy) is 1. The fourth-order valence-corrected chi connectivity index (χ4v) is 3.70. The van der Waals surface area contributed by atoms with Gasteiger partial charge in [0.2, 0.25) is 0 Å². The van der Waals surface area contributed by atoms with Crippen LogP contribution in [0.2, 0.25) is 0 Å². The first-order valence-electron chi connectivity index (χ1n) is 9.08. The van der Waals surface area contributed by atoms with E-state index in [-0.39, 0.29) is 12.5 Å². The first-order chi connectivity index (χ1) is 13.5. The van der Waals surface area contributed by atoms with Crippen LogP contribution in [0.15, 0.2) is 42.6 Å². The largest absolute Gasteiger partial charge is 0.441 e. The van der Waals surface area contributed by atoms with Gasteiger partial charge >= 0.3 is 6.09 Å². The van der Waals surface area contributed by atoms with Gasteiger partial charge in [-0.1, -0.05) is 12.1 Å². The summed E-state index contributed by atoms with van der Waals surface area (Å²) in [6.07, 6.45) is 2.14. The van der Waals surface area contributed by atoms with Crippen molar-refractivity contribution in [2.45, 2.75) is 25.0 Å². The van der Waals surface area contributed by atoms with Crippen LogP contribution in [0, 0.1) is 11.6 Å². The number of carbonyl (C=O) groups excluding carboxylic acids is 2. The van der Waals surface area contributed by atoms with Gasteiger partial charge in [0.05, 0.1) is 6.54 Å². The summed E-state index contributed by atoms with van der Waals surface area (Å²) >= 11 is 0. The molecule has 8 heteroatoms. The van der Waals surface area contributed by atoms with E-state index in [1.165, 1.54) is 11.0 Å². The Balaban J connectivity index is 1.38. The lowest BCUT2D eigenvalue weighted by Crippen LogP contribution is -2.48. The Bertz CT molecular complexity index is 899. The number of carbonyl (C=O) groups is 2. The molecule has 0 aliphatic carbocycles. The van der Waals surface area contributed by atoms with Crippen LogP contribution in [0.1, 0.15) is 28.9 Å². The van der Waals surface area contributed by atoms with Crippen molar-refractivity contribution in [2.75, 3.05) is 19.6 Å². The molecule has 0 radical (unpaired) electrons. The topological polar surface area (TPSA) is 62.7 Å². The van der Waals surface area contributed by atoms with Gasteiger partial charge in [0.25, 0.3) is 5.91 Å². The van der Waals surface area contributed by atoms with Crippen molar-refractivity contribution in [3.8, 4) is 0 Å². The fraction of sp³-hybridized carbons (Fsp3) is 0.350. The van der Waals surface area contributed by atoms with Crippen molar-refractivity contribution in [3.63, 3.8) is 0 Å². The van der Waals surface area contributed by atoms with Gasteiger partial charge in [-0.2, -0.15) is 0 Å². The Hall–Kier alpha value is -3.03. The molecule has 146 valence electrons. The zero-order valence-corrected chi connectivity index (χ0v) is 15.1. The maximum atomic E-state index is 13.4. The quantitative estimate of drug-likeness (QED) is 0.812. The Morgan fingerprint density at radius 2 is 1.93 bits per heavy atom. The number of benzene rings is 1. The van der Waals surface area contributed by atoms with Gasteiger partial charge < -0.3 is 9.64 Å². The first kappa shape index (κ1) is 18.3. The van der Waals surface area contributed by atoms with Crippen LogP contribution in [0.4, 0.5) is 13.6 Å². The minimum atomic E-state index is -0.943. The summed E-state index contributed by atoms with van der Waals surface area (Å²) in [6, 6.07) is 8.77. The van der Waals surface area contributed by atoms with E-state index in [1.807, 2.05) is 0 Å². The molecule has 2 aliphatic heterocycles. The van der Waals surface area contributed by atoms with E-state index in [0.29, 0.717) is 43.7 Å². The maximum Gasteiger partial charge on any atom is 0.410 e. The van der Waals surface area contributed by atoms with Gasteiger partial charge in [-0.05, 0) is 29.8 Å². The number of aromatic nitrogens is 1. The number of pyridine rings is 1. The van der Waals surface area contributed by atoms with Crippen LogP contribution >= 0.6 is 0 Å². The van der Waals surface area contributed by atoms with Crippen molar-refractivity contribution in [1.29, 1.82) is 0 Å².